The molecule has 2 aromatic rings. The SMILES string of the molecule is CS(=O)(=O)N(CC(=O)N/N=C\c1ccc(OC2CSC2)cc1)c1cccc(Cl)c1. The van der Waals surface area contributed by atoms with E-state index in [1.54, 1.807) is 18.2 Å². The fraction of sp³-hybridized carbons (Fsp3) is 0.263. The summed E-state index contributed by atoms with van der Waals surface area (Å²) in [6.07, 6.45) is 2.78. The van der Waals surface area contributed by atoms with Gasteiger partial charge in [-0.1, -0.05) is 17.7 Å². The first-order valence-corrected chi connectivity index (χ1v) is 12.1. The number of hydrogen-bond donors (Lipinski definition) is 1. The zero-order valence-electron chi connectivity index (χ0n) is 15.6. The second-order valence-electron chi connectivity index (χ2n) is 6.39. The topological polar surface area (TPSA) is 88.1 Å². The van der Waals surface area contributed by atoms with E-state index < -0.39 is 22.5 Å². The summed E-state index contributed by atoms with van der Waals surface area (Å²) in [6.45, 7) is -0.414. The van der Waals surface area contributed by atoms with Crippen LogP contribution in [0.5, 0.6) is 5.75 Å². The zero-order valence-corrected chi connectivity index (χ0v) is 18.0. The summed E-state index contributed by atoms with van der Waals surface area (Å²) in [5.74, 6) is 2.24. The van der Waals surface area contributed by atoms with Crippen LogP contribution in [-0.4, -0.2) is 50.9 Å². The van der Waals surface area contributed by atoms with E-state index in [1.807, 2.05) is 36.0 Å². The normalized spacial score (nSPS) is 14.4. The highest BCUT2D eigenvalue weighted by atomic mass is 35.5. The maximum atomic E-state index is 12.2. The van der Waals surface area contributed by atoms with Crippen LogP contribution in [0, 0.1) is 0 Å². The van der Waals surface area contributed by atoms with Crippen LogP contribution in [0.1, 0.15) is 5.56 Å². The quantitative estimate of drug-likeness (QED) is 0.490. The summed E-state index contributed by atoms with van der Waals surface area (Å²) in [6, 6.07) is 13.6. The van der Waals surface area contributed by atoms with Gasteiger partial charge in [0.1, 0.15) is 18.4 Å². The predicted molar refractivity (Wildman–Crippen MR) is 118 cm³/mol. The number of nitrogens with zero attached hydrogens (tertiary/aromatic N) is 2. The third-order valence-corrected chi connectivity index (χ3v) is 6.57. The second-order valence-corrected chi connectivity index (χ2v) is 9.81. The van der Waals surface area contributed by atoms with Gasteiger partial charge >= 0.3 is 0 Å². The third-order valence-electron chi connectivity index (χ3n) is 3.98. The minimum Gasteiger partial charge on any atom is -0.489 e. The van der Waals surface area contributed by atoms with Crippen molar-refractivity contribution in [3.63, 3.8) is 0 Å². The molecule has 0 unspecified atom stereocenters. The highest BCUT2D eigenvalue weighted by Crippen LogP contribution is 2.24. The van der Waals surface area contributed by atoms with Crippen molar-refractivity contribution >= 4 is 51.2 Å². The maximum Gasteiger partial charge on any atom is 0.260 e. The van der Waals surface area contributed by atoms with Gasteiger partial charge in [-0.3, -0.25) is 9.10 Å². The molecule has 0 aromatic heterocycles. The molecular formula is C19H20ClN3O4S2. The lowest BCUT2D eigenvalue weighted by Crippen LogP contribution is -2.39. The van der Waals surface area contributed by atoms with Crippen LogP contribution in [0.2, 0.25) is 5.02 Å². The van der Waals surface area contributed by atoms with E-state index >= 15 is 0 Å². The van der Waals surface area contributed by atoms with Crippen molar-refractivity contribution in [2.45, 2.75) is 6.10 Å². The van der Waals surface area contributed by atoms with Crippen molar-refractivity contribution in [1.82, 2.24) is 5.43 Å². The van der Waals surface area contributed by atoms with Crippen LogP contribution in [-0.2, 0) is 14.8 Å². The molecule has 0 spiro atoms. The average molecular weight is 454 g/mol. The van der Waals surface area contributed by atoms with Gasteiger partial charge in [-0.05, 0) is 48.0 Å². The molecule has 1 amide bonds. The molecule has 1 fully saturated rings. The van der Waals surface area contributed by atoms with Crippen LogP contribution >= 0.6 is 23.4 Å². The van der Waals surface area contributed by atoms with Crippen molar-refractivity contribution in [2.75, 3.05) is 28.6 Å². The first-order chi connectivity index (χ1) is 13.8. The molecule has 1 heterocycles. The number of ether oxygens (including phenoxy) is 1. The molecule has 1 N–H and O–H groups in total. The van der Waals surface area contributed by atoms with Crippen LogP contribution in [0.4, 0.5) is 5.69 Å². The van der Waals surface area contributed by atoms with E-state index in [-0.39, 0.29) is 6.10 Å². The fourth-order valence-corrected chi connectivity index (χ4v) is 4.08. The number of sulfonamides is 1. The minimum atomic E-state index is -3.67. The summed E-state index contributed by atoms with van der Waals surface area (Å²) in [5.41, 5.74) is 3.42. The standard InChI is InChI=1S/C19H20ClN3O4S2/c1-29(25,26)23(16-4-2-3-15(20)9-16)11-19(24)22-21-10-14-5-7-17(8-6-14)27-18-12-28-13-18/h2-10,18H,11-13H2,1H3,(H,22,24)/b21-10-. The molecule has 0 bridgehead atoms. The van der Waals surface area contributed by atoms with E-state index in [0.29, 0.717) is 10.7 Å². The predicted octanol–water partition coefficient (Wildman–Crippen LogP) is 2.75. The van der Waals surface area contributed by atoms with Crippen LogP contribution < -0.4 is 14.5 Å². The number of benzene rings is 2. The van der Waals surface area contributed by atoms with Gasteiger partial charge in [-0.2, -0.15) is 16.9 Å². The Morgan fingerprint density at radius 3 is 2.62 bits per heavy atom. The number of carbonyl (C=O) groups excluding carboxylic acids is 1. The molecule has 0 saturated carbocycles. The monoisotopic (exact) mass is 453 g/mol. The van der Waals surface area contributed by atoms with Crippen molar-refractivity contribution < 1.29 is 17.9 Å². The van der Waals surface area contributed by atoms with Crippen LogP contribution in [0.15, 0.2) is 53.6 Å². The molecule has 1 aliphatic rings. The molecule has 0 aliphatic carbocycles. The van der Waals surface area contributed by atoms with Gasteiger partial charge in [0.05, 0.1) is 18.2 Å². The van der Waals surface area contributed by atoms with E-state index in [0.717, 1.165) is 33.4 Å². The summed E-state index contributed by atoms with van der Waals surface area (Å²) < 4.78 is 30.9. The van der Waals surface area contributed by atoms with Gasteiger partial charge in [-0.15, -0.1) is 0 Å². The lowest BCUT2D eigenvalue weighted by atomic mass is 10.2. The molecule has 29 heavy (non-hydrogen) atoms. The Bertz CT molecular complexity index is 993. The number of hydrogen-bond acceptors (Lipinski definition) is 6. The van der Waals surface area contributed by atoms with Gasteiger partial charge in [0.15, 0.2) is 0 Å². The largest absolute Gasteiger partial charge is 0.489 e. The molecule has 1 aliphatic heterocycles. The van der Waals surface area contributed by atoms with Gasteiger partial charge in [0.2, 0.25) is 10.0 Å². The summed E-state index contributed by atoms with van der Waals surface area (Å²) in [5, 5.41) is 4.26. The highest BCUT2D eigenvalue weighted by molar-refractivity contribution is 8.00. The Hall–Kier alpha value is -2.23. The lowest BCUT2D eigenvalue weighted by molar-refractivity contribution is -0.119. The molecule has 3 rings (SSSR count). The Labute approximate surface area is 179 Å². The molecule has 7 nitrogen and oxygen atoms in total. The van der Waals surface area contributed by atoms with Crippen molar-refractivity contribution in [3.8, 4) is 5.75 Å². The van der Waals surface area contributed by atoms with E-state index in [1.165, 1.54) is 12.3 Å². The Morgan fingerprint density at radius 2 is 2.03 bits per heavy atom. The van der Waals surface area contributed by atoms with E-state index in [2.05, 4.69) is 10.5 Å². The summed E-state index contributed by atoms with van der Waals surface area (Å²) >= 11 is 7.77. The zero-order chi connectivity index (χ0) is 20.9. The van der Waals surface area contributed by atoms with Crippen LogP contribution in [0.25, 0.3) is 0 Å². The lowest BCUT2D eigenvalue weighted by Gasteiger charge is -2.25. The number of thioether (sulfide) groups is 1. The maximum absolute atomic E-state index is 12.2. The average Bonchev–Trinajstić information content (AvgIpc) is 2.63. The fourth-order valence-electron chi connectivity index (χ4n) is 2.48. The van der Waals surface area contributed by atoms with E-state index in [4.69, 9.17) is 16.3 Å². The molecule has 154 valence electrons. The highest BCUT2D eigenvalue weighted by Gasteiger charge is 2.21. The van der Waals surface area contributed by atoms with Gasteiger partial charge in [-0.25, -0.2) is 13.8 Å². The Balaban J connectivity index is 1.57. The molecule has 1 saturated heterocycles. The summed E-state index contributed by atoms with van der Waals surface area (Å²) in [7, 11) is -3.67. The number of nitrogens with one attached hydrogen (secondary N) is 1. The first kappa shape index (κ1) is 21.5. The van der Waals surface area contributed by atoms with Crippen molar-refractivity contribution in [2.24, 2.45) is 5.10 Å². The molecule has 10 heteroatoms. The molecule has 0 radical (unpaired) electrons. The van der Waals surface area contributed by atoms with Gasteiger partial charge < -0.3 is 4.74 Å². The third kappa shape index (κ3) is 6.38. The number of anilines is 1. The number of amides is 1. The van der Waals surface area contributed by atoms with Crippen molar-refractivity contribution in [1.29, 1.82) is 0 Å². The van der Waals surface area contributed by atoms with Crippen molar-refractivity contribution in [3.05, 3.63) is 59.1 Å². The number of rotatable bonds is 8. The van der Waals surface area contributed by atoms with Gasteiger partial charge in [0.25, 0.3) is 5.91 Å². The molecule has 0 atom stereocenters. The molecule has 2 aromatic carbocycles. The number of carbonyl (C=O) groups is 1. The van der Waals surface area contributed by atoms with Gasteiger partial charge in [0, 0.05) is 16.5 Å². The Kier molecular flexibility index (Phi) is 7.05. The van der Waals surface area contributed by atoms with Crippen LogP contribution in [0.3, 0.4) is 0 Å². The second kappa shape index (κ2) is 9.51. The minimum absolute atomic E-state index is 0.274. The smallest absolute Gasteiger partial charge is 0.260 e. The first-order valence-electron chi connectivity index (χ1n) is 8.71. The summed E-state index contributed by atoms with van der Waals surface area (Å²) in [4.78, 5) is 12.2. The number of halogens is 1. The molecular weight excluding hydrogens is 434 g/mol. The Morgan fingerprint density at radius 1 is 1.31 bits per heavy atom. The number of hydrazone groups is 1. The van der Waals surface area contributed by atoms with E-state index in [9.17, 15) is 13.2 Å².